The highest BCUT2D eigenvalue weighted by Crippen LogP contribution is 2.15. The van der Waals surface area contributed by atoms with Gasteiger partial charge in [-0.25, -0.2) is 9.78 Å². The fraction of sp³-hybridized carbons (Fsp3) is 0.615. The molecule has 0 aromatic carbocycles. The number of hydrogen-bond acceptors (Lipinski definition) is 6. The molecule has 1 saturated heterocycles. The van der Waals surface area contributed by atoms with Crippen LogP contribution in [0.15, 0.2) is 12.3 Å². The van der Waals surface area contributed by atoms with Gasteiger partial charge in [0.25, 0.3) is 0 Å². The fourth-order valence-corrected chi connectivity index (χ4v) is 2.11. The predicted octanol–water partition coefficient (Wildman–Crippen LogP) is 1.03. The summed E-state index contributed by atoms with van der Waals surface area (Å²) < 4.78 is 10.1. The largest absolute Gasteiger partial charge is 0.478 e. The maximum Gasteiger partial charge on any atom is 0.376 e. The molecule has 0 radical (unpaired) electrons. The second kappa shape index (κ2) is 7.04. The summed E-state index contributed by atoms with van der Waals surface area (Å²) in [5, 5.41) is 3.37. The third-order valence-electron chi connectivity index (χ3n) is 3.17. The lowest BCUT2D eigenvalue weighted by atomic mass is 9.97. The van der Waals surface area contributed by atoms with Crippen LogP contribution in [0.1, 0.15) is 29.9 Å². The Morgan fingerprint density at radius 1 is 1.58 bits per heavy atom. The van der Waals surface area contributed by atoms with Gasteiger partial charge in [-0.15, -0.1) is 0 Å². The van der Waals surface area contributed by atoms with E-state index in [1.165, 1.54) is 26.1 Å². The minimum absolute atomic E-state index is 0.0272. The lowest BCUT2D eigenvalue weighted by molar-refractivity contribution is 0.0585. The maximum atomic E-state index is 11.3. The average molecular weight is 265 g/mol. The smallest absolute Gasteiger partial charge is 0.376 e. The number of ether oxygens (including phenoxy) is 2. The van der Waals surface area contributed by atoms with Crippen molar-refractivity contribution in [3.63, 3.8) is 0 Å². The molecule has 104 valence electrons. The molecular formula is C13H19N3O3. The quantitative estimate of drug-likeness (QED) is 0.802. The van der Waals surface area contributed by atoms with Crippen LogP contribution >= 0.6 is 0 Å². The highest BCUT2D eigenvalue weighted by atomic mass is 16.5. The van der Waals surface area contributed by atoms with Gasteiger partial charge in [-0.05, 0) is 38.3 Å². The van der Waals surface area contributed by atoms with Crippen LogP contribution in [0.25, 0.3) is 0 Å². The highest BCUT2D eigenvalue weighted by molar-refractivity contribution is 5.84. The number of carbonyl (C=O) groups excluding carboxylic acids is 1. The molecule has 1 atom stereocenters. The zero-order valence-electron chi connectivity index (χ0n) is 11.1. The SMILES string of the molecule is COC(=O)c1nccc(OCCC2CCCNC2)n1. The minimum atomic E-state index is -0.554. The number of hydrogen-bond donors (Lipinski definition) is 1. The molecule has 1 aromatic heterocycles. The average Bonchev–Trinajstić information content (AvgIpc) is 2.48. The third kappa shape index (κ3) is 4.17. The van der Waals surface area contributed by atoms with Gasteiger partial charge in [0.2, 0.25) is 11.7 Å². The normalized spacial score (nSPS) is 18.9. The molecule has 6 nitrogen and oxygen atoms in total. The van der Waals surface area contributed by atoms with E-state index < -0.39 is 5.97 Å². The molecule has 0 saturated carbocycles. The number of rotatable bonds is 5. The van der Waals surface area contributed by atoms with Gasteiger partial charge in [-0.2, -0.15) is 4.98 Å². The first-order valence-electron chi connectivity index (χ1n) is 6.54. The molecule has 6 heteroatoms. The Hall–Kier alpha value is -1.69. The van der Waals surface area contributed by atoms with Crippen LogP contribution in [0.4, 0.5) is 0 Å². The van der Waals surface area contributed by atoms with Gasteiger partial charge in [-0.3, -0.25) is 0 Å². The van der Waals surface area contributed by atoms with Gasteiger partial charge in [-0.1, -0.05) is 0 Å². The van der Waals surface area contributed by atoms with Crippen molar-refractivity contribution < 1.29 is 14.3 Å². The van der Waals surface area contributed by atoms with Gasteiger partial charge in [0, 0.05) is 12.3 Å². The third-order valence-corrected chi connectivity index (χ3v) is 3.17. The van der Waals surface area contributed by atoms with Crippen molar-refractivity contribution >= 4 is 5.97 Å². The van der Waals surface area contributed by atoms with E-state index in [1.54, 1.807) is 6.07 Å². The van der Waals surface area contributed by atoms with Gasteiger partial charge in [0.1, 0.15) is 0 Å². The number of aromatic nitrogens is 2. The molecule has 0 amide bonds. The molecular weight excluding hydrogens is 246 g/mol. The summed E-state index contributed by atoms with van der Waals surface area (Å²) in [5.74, 6) is 0.552. The monoisotopic (exact) mass is 265 g/mol. The molecule has 2 heterocycles. The Kier molecular flexibility index (Phi) is 5.09. The van der Waals surface area contributed by atoms with E-state index in [1.807, 2.05) is 0 Å². The van der Waals surface area contributed by atoms with Gasteiger partial charge < -0.3 is 14.8 Å². The lowest BCUT2D eigenvalue weighted by Crippen LogP contribution is -2.30. The van der Waals surface area contributed by atoms with Crippen molar-refractivity contribution in [3.8, 4) is 5.88 Å². The topological polar surface area (TPSA) is 73.3 Å². The molecule has 0 aliphatic carbocycles. The number of esters is 1. The molecule has 1 aliphatic rings. The maximum absolute atomic E-state index is 11.3. The number of carbonyl (C=O) groups is 1. The summed E-state index contributed by atoms with van der Waals surface area (Å²) >= 11 is 0. The summed E-state index contributed by atoms with van der Waals surface area (Å²) in [6, 6.07) is 1.64. The zero-order chi connectivity index (χ0) is 13.5. The molecule has 1 aliphatic heterocycles. The van der Waals surface area contributed by atoms with Crippen molar-refractivity contribution in [2.45, 2.75) is 19.3 Å². The summed E-state index contributed by atoms with van der Waals surface area (Å²) in [4.78, 5) is 19.1. The molecule has 1 unspecified atom stereocenters. The minimum Gasteiger partial charge on any atom is -0.478 e. The van der Waals surface area contributed by atoms with E-state index in [9.17, 15) is 4.79 Å². The predicted molar refractivity (Wildman–Crippen MR) is 69.1 cm³/mol. The Morgan fingerprint density at radius 3 is 3.21 bits per heavy atom. The summed E-state index contributed by atoms with van der Waals surface area (Å²) in [5.41, 5.74) is 0. The number of methoxy groups -OCH3 is 1. The second-order valence-electron chi connectivity index (χ2n) is 4.56. The van der Waals surface area contributed by atoms with Crippen LogP contribution in [0, 0.1) is 5.92 Å². The van der Waals surface area contributed by atoms with E-state index in [0.717, 1.165) is 19.5 Å². The van der Waals surface area contributed by atoms with Gasteiger partial charge in [0.05, 0.1) is 13.7 Å². The molecule has 1 aromatic rings. The molecule has 19 heavy (non-hydrogen) atoms. The zero-order valence-corrected chi connectivity index (χ0v) is 11.1. The van der Waals surface area contributed by atoms with Crippen LogP contribution in [-0.2, 0) is 4.74 Å². The van der Waals surface area contributed by atoms with Crippen LogP contribution in [0.5, 0.6) is 5.88 Å². The van der Waals surface area contributed by atoms with Crippen molar-refractivity contribution in [3.05, 3.63) is 18.1 Å². The Morgan fingerprint density at radius 2 is 2.47 bits per heavy atom. The summed E-state index contributed by atoms with van der Waals surface area (Å²) in [7, 11) is 1.30. The highest BCUT2D eigenvalue weighted by Gasteiger charge is 2.13. The first kappa shape index (κ1) is 13.7. The number of piperidine rings is 1. The van der Waals surface area contributed by atoms with Crippen molar-refractivity contribution in [1.82, 2.24) is 15.3 Å². The molecule has 2 rings (SSSR count). The van der Waals surface area contributed by atoms with Gasteiger partial charge >= 0.3 is 5.97 Å². The molecule has 0 bridgehead atoms. The second-order valence-corrected chi connectivity index (χ2v) is 4.56. The van der Waals surface area contributed by atoms with E-state index in [4.69, 9.17) is 4.74 Å². The molecule has 0 spiro atoms. The van der Waals surface area contributed by atoms with Crippen LogP contribution in [-0.4, -0.2) is 42.7 Å². The van der Waals surface area contributed by atoms with Crippen LogP contribution in [0.3, 0.4) is 0 Å². The van der Waals surface area contributed by atoms with Crippen molar-refractivity contribution in [1.29, 1.82) is 0 Å². The van der Waals surface area contributed by atoms with Crippen molar-refractivity contribution in [2.75, 3.05) is 26.8 Å². The first-order valence-corrected chi connectivity index (χ1v) is 6.54. The van der Waals surface area contributed by atoms with Crippen LogP contribution in [0.2, 0.25) is 0 Å². The Balaban J connectivity index is 1.80. The summed E-state index contributed by atoms with van der Waals surface area (Å²) in [6.07, 6.45) is 4.96. The fourth-order valence-electron chi connectivity index (χ4n) is 2.11. The Bertz CT molecular complexity index is 419. The van der Waals surface area contributed by atoms with Crippen LogP contribution < -0.4 is 10.1 Å². The van der Waals surface area contributed by atoms with E-state index in [2.05, 4.69) is 20.0 Å². The van der Waals surface area contributed by atoms with Crippen molar-refractivity contribution in [2.24, 2.45) is 5.92 Å². The molecule has 1 fully saturated rings. The standard InChI is InChI=1S/C13H19N3O3/c1-18-13(17)12-15-7-4-11(16-12)19-8-5-10-3-2-6-14-9-10/h4,7,10,14H,2-3,5-6,8-9H2,1H3. The van der Waals surface area contributed by atoms with E-state index >= 15 is 0 Å². The number of nitrogens with zero attached hydrogens (tertiary/aromatic N) is 2. The lowest BCUT2D eigenvalue weighted by Gasteiger charge is -2.22. The Labute approximate surface area is 112 Å². The first-order chi connectivity index (χ1) is 9.29. The number of nitrogens with one attached hydrogen (secondary N) is 1. The van der Waals surface area contributed by atoms with E-state index in [-0.39, 0.29) is 5.82 Å². The molecule has 1 N–H and O–H groups in total. The van der Waals surface area contributed by atoms with Gasteiger partial charge in [0.15, 0.2) is 0 Å². The van der Waals surface area contributed by atoms with E-state index in [0.29, 0.717) is 18.4 Å². The summed E-state index contributed by atoms with van der Waals surface area (Å²) in [6.45, 7) is 2.77.